The van der Waals surface area contributed by atoms with Gasteiger partial charge in [0, 0.05) is 19.1 Å². The van der Waals surface area contributed by atoms with Crippen molar-refractivity contribution in [2.75, 3.05) is 26.7 Å². The molecule has 0 unspecified atom stereocenters. The summed E-state index contributed by atoms with van der Waals surface area (Å²) >= 11 is 0. The SMILES string of the molecule is CCCCCCCNCCN(C)C(C)C. The van der Waals surface area contributed by atoms with Gasteiger partial charge in [0.1, 0.15) is 0 Å². The zero-order valence-electron chi connectivity index (χ0n) is 11.2. The van der Waals surface area contributed by atoms with Crippen molar-refractivity contribution < 1.29 is 0 Å². The van der Waals surface area contributed by atoms with Crippen LogP contribution in [0, 0.1) is 0 Å². The highest BCUT2D eigenvalue weighted by Crippen LogP contribution is 2.00. The molecule has 1 N–H and O–H groups in total. The van der Waals surface area contributed by atoms with Crippen molar-refractivity contribution in [2.24, 2.45) is 0 Å². The average molecular weight is 214 g/mol. The highest BCUT2D eigenvalue weighted by atomic mass is 15.1. The first-order valence-electron chi connectivity index (χ1n) is 6.59. The van der Waals surface area contributed by atoms with Crippen molar-refractivity contribution in [3.63, 3.8) is 0 Å². The Hall–Kier alpha value is -0.0800. The molecule has 0 fully saturated rings. The number of rotatable bonds is 10. The van der Waals surface area contributed by atoms with E-state index in [1.165, 1.54) is 38.6 Å². The molecule has 0 radical (unpaired) electrons. The predicted molar refractivity (Wildman–Crippen MR) is 69.4 cm³/mol. The molecule has 0 heterocycles. The summed E-state index contributed by atoms with van der Waals surface area (Å²) in [5.41, 5.74) is 0. The van der Waals surface area contributed by atoms with Gasteiger partial charge in [-0.3, -0.25) is 0 Å². The molecule has 0 bridgehead atoms. The van der Waals surface area contributed by atoms with E-state index < -0.39 is 0 Å². The smallest absolute Gasteiger partial charge is 0.0106 e. The molecule has 0 aliphatic heterocycles. The van der Waals surface area contributed by atoms with E-state index in [-0.39, 0.29) is 0 Å². The Morgan fingerprint density at radius 2 is 1.67 bits per heavy atom. The molecular formula is C13H30N2. The van der Waals surface area contributed by atoms with Crippen LogP contribution in [0.25, 0.3) is 0 Å². The highest BCUT2D eigenvalue weighted by Gasteiger charge is 2.00. The van der Waals surface area contributed by atoms with Gasteiger partial charge in [0.25, 0.3) is 0 Å². The average Bonchev–Trinajstić information content (AvgIpc) is 2.21. The largest absolute Gasteiger partial charge is 0.315 e. The van der Waals surface area contributed by atoms with Crippen LogP contribution in [0.1, 0.15) is 52.9 Å². The summed E-state index contributed by atoms with van der Waals surface area (Å²) in [5.74, 6) is 0. The molecule has 0 atom stereocenters. The van der Waals surface area contributed by atoms with Gasteiger partial charge in [-0.25, -0.2) is 0 Å². The molecule has 0 saturated carbocycles. The third-order valence-corrected chi connectivity index (χ3v) is 2.98. The Labute approximate surface area is 96.4 Å². The fourth-order valence-electron chi connectivity index (χ4n) is 1.49. The lowest BCUT2D eigenvalue weighted by atomic mass is 10.1. The molecular weight excluding hydrogens is 184 g/mol. The van der Waals surface area contributed by atoms with Gasteiger partial charge in [-0.15, -0.1) is 0 Å². The molecule has 0 amide bonds. The minimum absolute atomic E-state index is 0.663. The van der Waals surface area contributed by atoms with Crippen molar-refractivity contribution in [3.8, 4) is 0 Å². The predicted octanol–water partition coefficient (Wildman–Crippen LogP) is 2.89. The Kier molecular flexibility index (Phi) is 10.4. The van der Waals surface area contributed by atoms with Crippen LogP contribution in [0.5, 0.6) is 0 Å². The summed E-state index contributed by atoms with van der Waals surface area (Å²) < 4.78 is 0. The van der Waals surface area contributed by atoms with Gasteiger partial charge >= 0.3 is 0 Å². The summed E-state index contributed by atoms with van der Waals surface area (Å²) in [6.07, 6.45) is 6.87. The second-order valence-corrected chi connectivity index (χ2v) is 4.74. The van der Waals surface area contributed by atoms with Gasteiger partial charge < -0.3 is 10.2 Å². The zero-order chi connectivity index (χ0) is 11.5. The van der Waals surface area contributed by atoms with E-state index in [9.17, 15) is 0 Å². The van der Waals surface area contributed by atoms with E-state index in [1.54, 1.807) is 0 Å². The van der Waals surface area contributed by atoms with Crippen molar-refractivity contribution in [1.82, 2.24) is 10.2 Å². The molecule has 0 aromatic rings. The molecule has 0 aromatic carbocycles. The molecule has 92 valence electrons. The minimum Gasteiger partial charge on any atom is -0.315 e. The number of nitrogens with one attached hydrogen (secondary N) is 1. The molecule has 2 heteroatoms. The van der Waals surface area contributed by atoms with E-state index in [1.807, 2.05) is 0 Å². The Morgan fingerprint density at radius 3 is 2.27 bits per heavy atom. The highest BCUT2D eigenvalue weighted by molar-refractivity contribution is 4.58. The molecule has 0 rings (SSSR count). The van der Waals surface area contributed by atoms with Gasteiger partial charge in [0.2, 0.25) is 0 Å². The normalized spacial score (nSPS) is 11.6. The number of likely N-dealkylation sites (N-methyl/N-ethyl adjacent to an activating group) is 1. The Morgan fingerprint density at radius 1 is 1.00 bits per heavy atom. The van der Waals surface area contributed by atoms with E-state index in [0.717, 1.165) is 13.1 Å². The summed E-state index contributed by atoms with van der Waals surface area (Å²) in [6, 6.07) is 0.663. The lowest BCUT2D eigenvalue weighted by Crippen LogP contribution is -2.34. The standard InChI is InChI=1S/C13H30N2/c1-5-6-7-8-9-10-14-11-12-15(4)13(2)3/h13-14H,5-12H2,1-4H3. The molecule has 0 saturated heterocycles. The maximum absolute atomic E-state index is 3.51. The van der Waals surface area contributed by atoms with Gasteiger partial charge in [-0.05, 0) is 33.9 Å². The molecule has 15 heavy (non-hydrogen) atoms. The fraction of sp³-hybridized carbons (Fsp3) is 1.00. The molecule has 2 nitrogen and oxygen atoms in total. The Balaban J connectivity index is 3.05. The summed E-state index contributed by atoms with van der Waals surface area (Å²) in [5, 5.41) is 3.51. The summed E-state index contributed by atoms with van der Waals surface area (Å²) in [6.45, 7) is 10.2. The van der Waals surface area contributed by atoms with Crippen LogP contribution in [-0.2, 0) is 0 Å². The quantitative estimate of drug-likeness (QED) is 0.563. The molecule has 0 aromatic heterocycles. The van der Waals surface area contributed by atoms with E-state index in [4.69, 9.17) is 0 Å². The van der Waals surface area contributed by atoms with Crippen LogP contribution in [0.15, 0.2) is 0 Å². The van der Waals surface area contributed by atoms with Crippen molar-refractivity contribution >= 4 is 0 Å². The number of hydrogen-bond donors (Lipinski definition) is 1. The van der Waals surface area contributed by atoms with E-state index >= 15 is 0 Å². The van der Waals surface area contributed by atoms with Crippen LogP contribution < -0.4 is 5.32 Å². The molecule has 0 spiro atoms. The first kappa shape index (κ1) is 14.9. The first-order chi connectivity index (χ1) is 7.18. The molecule has 0 aliphatic carbocycles. The van der Waals surface area contributed by atoms with Crippen LogP contribution >= 0.6 is 0 Å². The fourth-order valence-corrected chi connectivity index (χ4v) is 1.49. The van der Waals surface area contributed by atoms with Gasteiger partial charge in [-0.1, -0.05) is 32.6 Å². The van der Waals surface area contributed by atoms with Crippen LogP contribution in [-0.4, -0.2) is 37.6 Å². The Bertz CT molecular complexity index is 124. The van der Waals surface area contributed by atoms with Gasteiger partial charge in [0.15, 0.2) is 0 Å². The first-order valence-corrected chi connectivity index (χ1v) is 6.59. The summed E-state index contributed by atoms with van der Waals surface area (Å²) in [7, 11) is 2.19. The molecule has 0 aliphatic rings. The maximum atomic E-state index is 3.51. The van der Waals surface area contributed by atoms with Crippen molar-refractivity contribution in [3.05, 3.63) is 0 Å². The number of unbranched alkanes of at least 4 members (excludes halogenated alkanes) is 4. The third-order valence-electron chi connectivity index (χ3n) is 2.98. The van der Waals surface area contributed by atoms with Crippen molar-refractivity contribution in [1.29, 1.82) is 0 Å². The number of hydrogen-bond acceptors (Lipinski definition) is 2. The van der Waals surface area contributed by atoms with Gasteiger partial charge in [0.05, 0.1) is 0 Å². The van der Waals surface area contributed by atoms with Crippen LogP contribution in [0.2, 0.25) is 0 Å². The topological polar surface area (TPSA) is 15.3 Å². The van der Waals surface area contributed by atoms with Gasteiger partial charge in [-0.2, -0.15) is 0 Å². The maximum Gasteiger partial charge on any atom is 0.0106 e. The number of nitrogens with zero attached hydrogens (tertiary/aromatic N) is 1. The minimum atomic E-state index is 0.663. The lowest BCUT2D eigenvalue weighted by Gasteiger charge is -2.20. The summed E-state index contributed by atoms with van der Waals surface area (Å²) in [4.78, 5) is 2.38. The monoisotopic (exact) mass is 214 g/mol. The van der Waals surface area contributed by atoms with Crippen molar-refractivity contribution in [2.45, 2.75) is 58.9 Å². The second kappa shape index (κ2) is 10.4. The lowest BCUT2D eigenvalue weighted by molar-refractivity contribution is 0.273. The van der Waals surface area contributed by atoms with E-state index in [2.05, 4.69) is 38.0 Å². The van der Waals surface area contributed by atoms with E-state index in [0.29, 0.717) is 6.04 Å². The van der Waals surface area contributed by atoms with Crippen LogP contribution in [0.3, 0.4) is 0 Å². The third kappa shape index (κ3) is 10.2. The second-order valence-electron chi connectivity index (χ2n) is 4.74. The van der Waals surface area contributed by atoms with Crippen LogP contribution in [0.4, 0.5) is 0 Å². The zero-order valence-corrected chi connectivity index (χ0v) is 11.2.